The van der Waals surface area contributed by atoms with Crippen molar-refractivity contribution in [1.29, 1.82) is 0 Å². The molecular weight excluding hydrogens is 188 g/mol. The summed E-state index contributed by atoms with van der Waals surface area (Å²) in [5.74, 6) is 1.61. The second-order valence-electron chi connectivity index (χ2n) is 4.67. The fourth-order valence-electron chi connectivity index (χ4n) is 2.60. The summed E-state index contributed by atoms with van der Waals surface area (Å²) in [4.78, 5) is 10.7. The van der Waals surface area contributed by atoms with Crippen molar-refractivity contribution in [3.05, 3.63) is 0 Å². The average molecular weight is 212 g/mol. The maximum Gasteiger partial charge on any atom is 0.216 e. The standard InChI is InChI=1S/C12H24N2O/c1-10(15)14-8-4-7-11-5-2-3-6-12(11)9-13/h11-12H,2-9,13H2,1H3,(H,14,15). The molecule has 1 aliphatic carbocycles. The molecule has 15 heavy (non-hydrogen) atoms. The van der Waals surface area contributed by atoms with Gasteiger partial charge in [0, 0.05) is 13.5 Å². The lowest BCUT2D eigenvalue weighted by Crippen LogP contribution is -2.28. The van der Waals surface area contributed by atoms with E-state index in [0.717, 1.165) is 31.3 Å². The average Bonchev–Trinajstić information content (AvgIpc) is 2.24. The Morgan fingerprint density at radius 1 is 1.33 bits per heavy atom. The topological polar surface area (TPSA) is 55.1 Å². The zero-order valence-corrected chi connectivity index (χ0v) is 9.80. The molecule has 1 saturated carbocycles. The highest BCUT2D eigenvalue weighted by molar-refractivity contribution is 5.72. The fourth-order valence-corrected chi connectivity index (χ4v) is 2.60. The van der Waals surface area contributed by atoms with E-state index in [-0.39, 0.29) is 5.91 Å². The molecule has 2 atom stereocenters. The van der Waals surface area contributed by atoms with Gasteiger partial charge in [-0.25, -0.2) is 0 Å². The Hall–Kier alpha value is -0.570. The molecule has 0 aromatic rings. The van der Waals surface area contributed by atoms with E-state index in [2.05, 4.69) is 5.32 Å². The number of rotatable bonds is 5. The van der Waals surface area contributed by atoms with Crippen molar-refractivity contribution in [2.45, 2.75) is 45.4 Å². The van der Waals surface area contributed by atoms with Crippen LogP contribution in [-0.4, -0.2) is 19.0 Å². The first-order chi connectivity index (χ1) is 7.24. The van der Waals surface area contributed by atoms with Crippen LogP contribution < -0.4 is 11.1 Å². The van der Waals surface area contributed by atoms with Crippen LogP contribution in [0, 0.1) is 11.8 Å². The molecule has 0 spiro atoms. The number of nitrogens with two attached hydrogens (primary N) is 1. The van der Waals surface area contributed by atoms with Crippen molar-refractivity contribution in [2.75, 3.05) is 13.1 Å². The SMILES string of the molecule is CC(=O)NCCCC1CCCCC1CN. The van der Waals surface area contributed by atoms with Crippen LogP contribution in [0.5, 0.6) is 0 Å². The zero-order valence-electron chi connectivity index (χ0n) is 9.80. The van der Waals surface area contributed by atoms with Crippen molar-refractivity contribution < 1.29 is 4.79 Å². The van der Waals surface area contributed by atoms with E-state index >= 15 is 0 Å². The van der Waals surface area contributed by atoms with Crippen molar-refractivity contribution >= 4 is 5.91 Å². The van der Waals surface area contributed by atoms with E-state index in [4.69, 9.17) is 5.73 Å². The van der Waals surface area contributed by atoms with Gasteiger partial charge >= 0.3 is 0 Å². The molecule has 0 aromatic heterocycles. The summed E-state index contributed by atoms with van der Waals surface area (Å²) < 4.78 is 0. The second-order valence-corrected chi connectivity index (χ2v) is 4.67. The van der Waals surface area contributed by atoms with Crippen LogP contribution in [0.4, 0.5) is 0 Å². The van der Waals surface area contributed by atoms with Crippen molar-refractivity contribution in [3.63, 3.8) is 0 Å². The molecule has 0 bridgehead atoms. The van der Waals surface area contributed by atoms with E-state index in [9.17, 15) is 4.79 Å². The fraction of sp³-hybridized carbons (Fsp3) is 0.917. The lowest BCUT2D eigenvalue weighted by Gasteiger charge is -2.30. The molecule has 2 unspecified atom stereocenters. The minimum Gasteiger partial charge on any atom is -0.356 e. The summed E-state index contributed by atoms with van der Waals surface area (Å²) in [6.45, 7) is 3.23. The van der Waals surface area contributed by atoms with Gasteiger partial charge in [0.1, 0.15) is 0 Å². The quantitative estimate of drug-likeness (QED) is 0.681. The number of carbonyl (C=O) groups is 1. The lowest BCUT2D eigenvalue weighted by atomic mass is 9.77. The van der Waals surface area contributed by atoms with E-state index in [1.165, 1.54) is 32.1 Å². The van der Waals surface area contributed by atoms with Crippen LogP contribution in [0.25, 0.3) is 0 Å². The molecule has 88 valence electrons. The van der Waals surface area contributed by atoms with Gasteiger partial charge in [-0.2, -0.15) is 0 Å². The number of amides is 1. The summed E-state index contributed by atoms with van der Waals surface area (Å²) in [6, 6.07) is 0. The van der Waals surface area contributed by atoms with Gasteiger partial charge in [0.15, 0.2) is 0 Å². The zero-order chi connectivity index (χ0) is 11.1. The number of hydrogen-bond donors (Lipinski definition) is 2. The third kappa shape index (κ3) is 4.65. The lowest BCUT2D eigenvalue weighted by molar-refractivity contribution is -0.118. The Balaban J connectivity index is 2.15. The highest BCUT2D eigenvalue weighted by atomic mass is 16.1. The largest absolute Gasteiger partial charge is 0.356 e. The van der Waals surface area contributed by atoms with Crippen LogP contribution in [-0.2, 0) is 4.79 Å². The summed E-state index contributed by atoms with van der Waals surface area (Å²) in [5.41, 5.74) is 5.78. The summed E-state index contributed by atoms with van der Waals surface area (Å²) in [5, 5.41) is 2.85. The van der Waals surface area contributed by atoms with E-state index < -0.39 is 0 Å². The van der Waals surface area contributed by atoms with E-state index in [1.807, 2.05) is 0 Å². The molecule has 1 amide bonds. The molecule has 1 fully saturated rings. The van der Waals surface area contributed by atoms with E-state index in [1.54, 1.807) is 6.92 Å². The molecule has 0 radical (unpaired) electrons. The molecule has 0 heterocycles. The minimum atomic E-state index is 0.0778. The van der Waals surface area contributed by atoms with Crippen LogP contribution in [0.1, 0.15) is 45.4 Å². The number of carbonyl (C=O) groups excluding carboxylic acids is 1. The first-order valence-electron chi connectivity index (χ1n) is 6.18. The van der Waals surface area contributed by atoms with Gasteiger partial charge in [-0.1, -0.05) is 19.3 Å². The predicted molar refractivity (Wildman–Crippen MR) is 62.4 cm³/mol. The highest BCUT2D eigenvalue weighted by Gasteiger charge is 2.22. The third-order valence-corrected chi connectivity index (χ3v) is 3.49. The number of hydrogen-bond acceptors (Lipinski definition) is 2. The molecule has 3 N–H and O–H groups in total. The van der Waals surface area contributed by atoms with Gasteiger partial charge in [0.2, 0.25) is 5.91 Å². The summed E-state index contributed by atoms with van der Waals surface area (Å²) in [6.07, 6.45) is 7.68. The maximum atomic E-state index is 10.7. The molecule has 0 aromatic carbocycles. The van der Waals surface area contributed by atoms with Crippen molar-refractivity contribution in [3.8, 4) is 0 Å². The van der Waals surface area contributed by atoms with Gasteiger partial charge in [-0.3, -0.25) is 4.79 Å². The van der Waals surface area contributed by atoms with E-state index in [0.29, 0.717) is 0 Å². The van der Waals surface area contributed by atoms with Crippen LogP contribution >= 0.6 is 0 Å². The Kier molecular flexibility index (Phi) is 5.69. The monoisotopic (exact) mass is 212 g/mol. The first-order valence-corrected chi connectivity index (χ1v) is 6.18. The number of nitrogens with one attached hydrogen (secondary N) is 1. The molecular formula is C12H24N2O. The Morgan fingerprint density at radius 2 is 2.00 bits per heavy atom. The van der Waals surface area contributed by atoms with Crippen molar-refractivity contribution in [2.24, 2.45) is 17.6 Å². The van der Waals surface area contributed by atoms with Crippen LogP contribution in [0.15, 0.2) is 0 Å². The van der Waals surface area contributed by atoms with Gasteiger partial charge in [0.05, 0.1) is 0 Å². The second kappa shape index (κ2) is 6.83. The molecule has 1 rings (SSSR count). The van der Waals surface area contributed by atoms with Gasteiger partial charge in [-0.05, 0) is 37.6 Å². The normalized spacial score (nSPS) is 26.3. The van der Waals surface area contributed by atoms with Gasteiger partial charge in [0.25, 0.3) is 0 Å². The Morgan fingerprint density at radius 3 is 2.60 bits per heavy atom. The Labute approximate surface area is 92.8 Å². The smallest absolute Gasteiger partial charge is 0.216 e. The molecule has 3 heteroatoms. The van der Waals surface area contributed by atoms with Crippen molar-refractivity contribution in [1.82, 2.24) is 5.32 Å². The minimum absolute atomic E-state index is 0.0778. The van der Waals surface area contributed by atoms with Crippen LogP contribution in [0.3, 0.4) is 0 Å². The molecule has 3 nitrogen and oxygen atoms in total. The maximum absolute atomic E-state index is 10.7. The molecule has 1 aliphatic rings. The van der Waals surface area contributed by atoms with Gasteiger partial charge in [-0.15, -0.1) is 0 Å². The third-order valence-electron chi connectivity index (χ3n) is 3.49. The molecule has 0 saturated heterocycles. The summed E-state index contributed by atoms with van der Waals surface area (Å²) >= 11 is 0. The molecule has 0 aliphatic heterocycles. The van der Waals surface area contributed by atoms with Crippen LogP contribution in [0.2, 0.25) is 0 Å². The first kappa shape index (κ1) is 12.5. The predicted octanol–water partition coefficient (Wildman–Crippen LogP) is 1.67. The Bertz CT molecular complexity index is 194. The highest BCUT2D eigenvalue weighted by Crippen LogP contribution is 2.32. The summed E-state index contributed by atoms with van der Waals surface area (Å²) in [7, 11) is 0. The van der Waals surface area contributed by atoms with Gasteiger partial charge < -0.3 is 11.1 Å².